The average molecular weight is 378 g/mol. The van der Waals surface area contributed by atoms with Gasteiger partial charge in [0.2, 0.25) is 5.91 Å². The summed E-state index contributed by atoms with van der Waals surface area (Å²) in [6, 6.07) is 4.81. The fourth-order valence-corrected chi connectivity index (χ4v) is 4.43. The van der Waals surface area contributed by atoms with Gasteiger partial charge in [0.25, 0.3) is 0 Å². The van der Waals surface area contributed by atoms with Crippen molar-refractivity contribution in [2.45, 2.75) is 19.4 Å². The Morgan fingerprint density at radius 2 is 2.15 bits per heavy atom. The molecule has 0 aliphatic carbocycles. The van der Waals surface area contributed by atoms with Gasteiger partial charge >= 0.3 is 0 Å². The number of rotatable bonds is 5. The summed E-state index contributed by atoms with van der Waals surface area (Å²) in [7, 11) is 0. The molecule has 0 bridgehead atoms. The Balaban J connectivity index is 1.53. The molecule has 138 valence electrons. The predicted octanol–water partition coefficient (Wildman–Crippen LogP) is 2.75. The van der Waals surface area contributed by atoms with Crippen LogP contribution in [0.2, 0.25) is 0 Å². The van der Waals surface area contributed by atoms with Crippen molar-refractivity contribution in [3.8, 4) is 5.75 Å². The lowest BCUT2D eigenvalue weighted by atomic mass is 9.94. The molecule has 0 saturated carbocycles. The summed E-state index contributed by atoms with van der Waals surface area (Å²) in [4.78, 5) is 14.8. The fraction of sp³-hybridized carbons (Fsp3) is 0.389. The molecular formula is C18H19FN2O4S. The van der Waals surface area contributed by atoms with Crippen LogP contribution in [0.1, 0.15) is 12.7 Å². The minimum absolute atomic E-state index is 0.175. The molecule has 3 heterocycles. The van der Waals surface area contributed by atoms with E-state index in [1.807, 2.05) is 24.8 Å². The van der Waals surface area contributed by atoms with Gasteiger partial charge < -0.3 is 24.5 Å². The number of hydrogen-bond acceptors (Lipinski definition) is 6. The second-order valence-corrected chi connectivity index (χ2v) is 7.60. The second-order valence-electron chi connectivity index (χ2n) is 6.56. The Morgan fingerprint density at radius 3 is 2.81 bits per heavy atom. The number of amides is 1. The molecule has 26 heavy (non-hydrogen) atoms. The standard InChI is InChI=1S/C18H19FN2O4S/c1-10-3-12-4-15(13(19)5-14(12)25-10)24-6-16-11(2)21(9-26-16)18(17(20)22)7-23-8-18/h3-5H,6-9H2,1-2H3,(H2,20,22). The fourth-order valence-electron chi connectivity index (χ4n) is 3.24. The van der Waals surface area contributed by atoms with E-state index in [1.165, 1.54) is 6.07 Å². The Kier molecular flexibility index (Phi) is 4.11. The van der Waals surface area contributed by atoms with Crippen LogP contribution in [0.4, 0.5) is 4.39 Å². The third-order valence-electron chi connectivity index (χ3n) is 4.89. The van der Waals surface area contributed by atoms with Gasteiger partial charge in [-0.25, -0.2) is 4.39 Å². The molecule has 1 aromatic carbocycles. The first-order chi connectivity index (χ1) is 12.4. The SMILES string of the molecule is CC1=C(COc2cc3cc(C)oc3cc2F)SCN1C1(C(N)=O)COC1. The number of carbonyl (C=O) groups is 1. The molecule has 0 spiro atoms. The molecule has 1 fully saturated rings. The van der Waals surface area contributed by atoms with E-state index in [1.54, 1.807) is 17.8 Å². The van der Waals surface area contributed by atoms with Crippen molar-refractivity contribution in [2.75, 3.05) is 25.7 Å². The van der Waals surface area contributed by atoms with E-state index >= 15 is 0 Å². The molecule has 2 aliphatic rings. The van der Waals surface area contributed by atoms with Crippen molar-refractivity contribution >= 4 is 28.6 Å². The van der Waals surface area contributed by atoms with Gasteiger partial charge in [0.15, 0.2) is 17.1 Å². The first-order valence-corrected chi connectivity index (χ1v) is 9.19. The lowest BCUT2D eigenvalue weighted by Crippen LogP contribution is -2.68. The number of benzene rings is 1. The predicted molar refractivity (Wildman–Crippen MR) is 96.1 cm³/mol. The maximum Gasteiger partial charge on any atom is 0.248 e. The van der Waals surface area contributed by atoms with E-state index in [4.69, 9.17) is 19.6 Å². The number of nitrogens with zero attached hydrogens (tertiary/aromatic N) is 1. The van der Waals surface area contributed by atoms with Gasteiger partial charge in [0.1, 0.15) is 18.0 Å². The molecule has 4 rings (SSSR count). The van der Waals surface area contributed by atoms with Crippen molar-refractivity contribution in [3.05, 3.63) is 40.4 Å². The Hall–Kier alpha value is -2.19. The first kappa shape index (κ1) is 17.2. The minimum Gasteiger partial charge on any atom is -0.485 e. The molecule has 0 radical (unpaired) electrons. The van der Waals surface area contributed by atoms with Crippen LogP contribution in [0.15, 0.2) is 33.2 Å². The van der Waals surface area contributed by atoms with Gasteiger partial charge in [0, 0.05) is 22.1 Å². The monoisotopic (exact) mass is 378 g/mol. The summed E-state index contributed by atoms with van der Waals surface area (Å²) >= 11 is 1.56. The van der Waals surface area contributed by atoms with Crippen LogP contribution in [0, 0.1) is 12.7 Å². The number of furan rings is 1. The summed E-state index contributed by atoms with van der Waals surface area (Å²) in [6.07, 6.45) is 0. The Morgan fingerprint density at radius 1 is 1.38 bits per heavy atom. The van der Waals surface area contributed by atoms with Crippen LogP contribution < -0.4 is 10.5 Å². The number of nitrogens with two attached hydrogens (primary N) is 1. The molecule has 0 unspecified atom stereocenters. The second kappa shape index (κ2) is 6.21. The van der Waals surface area contributed by atoms with Crippen molar-refractivity contribution in [1.82, 2.24) is 4.90 Å². The smallest absolute Gasteiger partial charge is 0.248 e. The molecule has 6 nitrogen and oxygen atoms in total. The molecule has 1 aromatic heterocycles. The highest BCUT2D eigenvalue weighted by Gasteiger charge is 2.51. The van der Waals surface area contributed by atoms with Gasteiger partial charge in [-0.2, -0.15) is 0 Å². The number of fused-ring (bicyclic) bond motifs is 1. The maximum atomic E-state index is 14.2. The highest BCUT2D eigenvalue weighted by Crippen LogP contribution is 2.40. The zero-order valence-corrected chi connectivity index (χ0v) is 15.3. The highest BCUT2D eigenvalue weighted by atomic mass is 32.2. The van der Waals surface area contributed by atoms with E-state index in [-0.39, 0.29) is 12.4 Å². The normalized spacial score (nSPS) is 19.1. The molecule has 1 saturated heterocycles. The van der Waals surface area contributed by atoms with Gasteiger partial charge in [-0.05, 0) is 26.0 Å². The van der Waals surface area contributed by atoms with Crippen LogP contribution in [0.5, 0.6) is 5.75 Å². The Labute approximate surface area is 154 Å². The number of aryl methyl sites for hydroxylation is 1. The van der Waals surface area contributed by atoms with Crippen molar-refractivity contribution in [3.63, 3.8) is 0 Å². The van der Waals surface area contributed by atoms with E-state index < -0.39 is 17.3 Å². The van der Waals surface area contributed by atoms with Crippen LogP contribution in [-0.4, -0.2) is 42.0 Å². The highest BCUT2D eigenvalue weighted by molar-refractivity contribution is 8.03. The molecule has 2 N–H and O–H groups in total. The summed E-state index contributed by atoms with van der Waals surface area (Å²) in [5, 5.41) is 0.796. The molecule has 2 aromatic rings. The van der Waals surface area contributed by atoms with Crippen LogP contribution in [-0.2, 0) is 9.53 Å². The Bertz CT molecular complexity index is 919. The minimum atomic E-state index is -0.780. The first-order valence-electron chi connectivity index (χ1n) is 8.21. The third kappa shape index (κ3) is 2.64. The number of halogens is 1. The van der Waals surface area contributed by atoms with E-state index in [0.717, 1.165) is 21.7 Å². The number of ether oxygens (including phenoxy) is 2. The summed E-state index contributed by atoms with van der Waals surface area (Å²) < 4.78 is 30.6. The molecule has 0 atom stereocenters. The topological polar surface area (TPSA) is 77.9 Å². The van der Waals surface area contributed by atoms with Gasteiger partial charge in [-0.15, -0.1) is 11.8 Å². The van der Waals surface area contributed by atoms with E-state index in [9.17, 15) is 9.18 Å². The lowest BCUT2D eigenvalue weighted by molar-refractivity contribution is -0.160. The molecule has 1 amide bonds. The van der Waals surface area contributed by atoms with Crippen LogP contribution in [0.25, 0.3) is 11.0 Å². The number of thioether (sulfide) groups is 1. The zero-order chi connectivity index (χ0) is 18.5. The van der Waals surface area contributed by atoms with Crippen LogP contribution >= 0.6 is 11.8 Å². The zero-order valence-electron chi connectivity index (χ0n) is 14.5. The largest absolute Gasteiger partial charge is 0.485 e. The third-order valence-corrected chi connectivity index (χ3v) is 6.04. The lowest BCUT2D eigenvalue weighted by Gasteiger charge is -2.46. The van der Waals surface area contributed by atoms with Gasteiger partial charge in [-0.1, -0.05) is 0 Å². The van der Waals surface area contributed by atoms with Crippen molar-refractivity contribution in [1.29, 1.82) is 0 Å². The van der Waals surface area contributed by atoms with Gasteiger partial charge in [0.05, 0.1) is 19.1 Å². The summed E-state index contributed by atoms with van der Waals surface area (Å²) in [5.41, 5.74) is 6.21. The van der Waals surface area contributed by atoms with Gasteiger partial charge in [-0.3, -0.25) is 4.79 Å². The maximum absolute atomic E-state index is 14.2. The number of primary amides is 1. The molecular weight excluding hydrogens is 359 g/mol. The molecule has 8 heteroatoms. The van der Waals surface area contributed by atoms with Crippen molar-refractivity contribution < 1.29 is 23.1 Å². The van der Waals surface area contributed by atoms with Crippen LogP contribution in [0.3, 0.4) is 0 Å². The average Bonchev–Trinajstić information content (AvgIpc) is 3.06. The molecule has 2 aliphatic heterocycles. The summed E-state index contributed by atoms with van der Waals surface area (Å²) in [6.45, 7) is 4.54. The van der Waals surface area contributed by atoms with Crippen molar-refractivity contribution in [2.24, 2.45) is 5.73 Å². The number of allylic oxidation sites excluding steroid dienone is 1. The van der Waals surface area contributed by atoms with E-state index in [2.05, 4.69) is 0 Å². The quantitative estimate of drug-likeness (QED) is 0.862. The summed E-state index contributed by atoms with van der Waals surface area (Å²) in [5.74, 6) is 0.633. The van der Waals surface area contributed by atoms with E-state index in [0.29, 0.717) is 24.7 Å². The number of hydrogen-bond donors (Lipinski definition) is 1. The number of carbonyl (C=O) groups excluding carboxylic acids is 1.